The molecule has 4 atom stereocenters. The fraction of sp³-hybridized carbons (Fsp3) is 0.684. The first-order valence-electron chi connectivity index (χ1n) is 8.61. The van der Waals surface area contributed by atoms with Crippen molar-refractivity contribution < 1.29 is 4.74 Å². The van der Waals surface area contributed by atoms with Crippen molar-refractivity contribution in [2.24, 2.45) is 11.7 Å². The van der Waals surface area contributed by atoms with Crippen LogP contribution in [0.25, 0.3) is 0 Å². The van der Waals surface area contributed by atoms with Gasteiger partial charge in [-0.25, -0.2) is 0 Å². The summed E-state index contributed by atoms with van der Waals surface area (Å²) in [5, 5.41) is 0. The molecule has 0 heterocycles. The standard InChI is InChI=1S/C19H31NO/c1-4-15-7-6-8-17(13-15)21-19(18(20)5-2)16-11-9-14(3)10-12-16/h9-12,15,17-19H,4-8,13,20H2,1-3H3. The molecule has 1 fully saturated rings. The van der Waals surface area contributed by atoms with Gasteiger partial charge in [0.2, 0.25) is 0 Å². The molecular formula is C19H31NO. The SMILES string of the molecule is CCC1CCCC(OC(c2ccc(C)cc2)C(N)CC)C1. The average Bonchev–Trinajstić information content (AvgIpc) is 2.53. The Labute approximate surface area is 130 Å². The summed E-state index contributed by atoms with van der Waals surface area (Å²) in [5.41, 5.74) is 8.86. The zero-order valence-corrected chi connectivity index (χ0v) is 13.8. The van der Waals surface area contributed by atoms with E-state index < -0.39 is 0 Å². The largest absolute Gasteiger partial charge is 0.369 e. The van der Waals surface area contributed by atoms with Gasteiger partial charge in [-0.2, -0.15) is 0 Å². The third-order valence-electron chi connectivity index (χ3n) is 4.92. The average molecular weight is 289 g/mol. The molecule has 1 aromatic rings. The summed E-state index contributed by atoms with van der Waals surface area (Å²) in [6, 6.07) is 8.74. The van der Waals surface area contributed by atoms with E-state index in [9.17, 15) is 0 Å². The summed E-state index contributed by atoms with van der Waals surface area (Å²) >= 11 is 0. The van der Waals surface area contributed by atoms with E-state index in [1.807, 2.05) is 0 Å². The first kappa shape index (κ1) is 16.5. The van der Waals surface area contributed by atoms with E-state index in [1.54, 1.807) is 0 Å². The van der Waals surface area contributed by atoms with E-state index >= 15 is 0 Å². The maximum Gasteiger partial charge on any atom is 0.0979 e. The lowest BCUT2D eigenvalue weighted by atomic mass is 9.85. The van der Waals surface area contributed by atoms with Gasteiger partial charge in [0.15, 0.2) is 0 Å². The highest BCUT2D eigenvalue weighted by Crippen LogP contribution is 2.33. The van der Waals surface area contributed by atoms with E-state index in [-0.39, 0.29) is 12.1 Å². The first-order valence-corrected chi connectivity index (χ1v) is 8.61. The highest BCUT2D eigenvalue weighted by atomic mass is 16.5. The molecule has 1 aliphatic carbocycles. The predicted octanol–water partition coefficient (Wildman–Crippen LogP) is 4.76. The molecule has 0 bridgehead atoms. The maximum absolute atomic E-state index is 6.48. The van der Waals surface area contributed by atoms with Crippen LogP contribution in [0.3, 0.4) is 0 Å². The number of rotatable bonds is 6. The van der Waals surface area contributed by atoms with Crippen molar-refractivity contribution in [3.63, 3.8) is 0 Å². The van der Waals surface area contributed by atoms with Gasteiger partial charge in [0, 0.05) is 6.04 Å². The van der Waals surface area contributed by atoms with Crippen LogP contribution in [-0.2, 0) is 4.74 Å². The molecule has 2 N–H and O–H groups in total. The van der Waals surface area contributed by atoms with Gasteiger partial charge in [0.1, 0.15) is 0 Å². The zero-order chi connectivity index (χ0) is 15.2. The Hall–Kier alpha value is -0.860. The van der Waals surface area contributed by atoms with Gasteiger partial charge in [0.25, 0.3) is 0 Å². The summed E-state index contributed by atoms with van der Waals surface area (Å²) in [5.74, 6) is 0.834. The third kappa shape index (κ3) is 4.55. The topological polar surface area (TPSA) is 35.2 Å². The fourth-order valence-corrected chi connectivity index (χ4v) is 3.34. The molecule has 2 nitrogen and oxygen atoms in total. The Morgan fingerprint density at radius 1 is 1.19 bits per heavy atom. The number of ether oxygens (including phenoxy) is 1. The Bertz CT molecular complexity index is 414. The second-order valence-electron chi connectivity index (χ2n) is 6.60. The molecule has 1 saturated carbocycles. The van der Waals surface area contributed by atoms with Gasteiger partial charge in [-0.3, -0.25) is 0 Å². The second-order valence-corrected chi connectivity index (χ2v) is 6.60. The van der Waals surface area contributed by atoms with E-state index in [4.69, 9.17) is 10.5 Å². The molecule has 0 saturated heterocycles. The first-order chi connectivity index (χ1) is 10.1. The Morgan fingerprint density at radius 2 is 1.90 bits per heavy atom. The smallest absolute Gasteiger partial charge is 0.0979 e. The van der Waals surface area contributed by atoms with Crippen LogP contribution in [-0.4, -0.2) is 12.1 Å². The monoisotopic (exact) mass is 289 g/mol. The minimum absolute atomic E-state index is 0.0382. The van der Waals surface area contributed by atoms with Crippen LogP contribution in [0.15, 0.2) is 24.3 Å². The number of aryl methyl sites for hydroxylation is 1. The van der Waals surface area contributed by atoms with E-state index in [0.29, 0.717) is 6.10 Å². The van der Waals surface area contributed by atoms with Gasteiger partial charge in [-0.1, -0.05) is 62.9 Å². The van der Waals surface area contributed by atoms with Gasteiger partial charge >= 0.3 is 0 Å². The van der Waals surface area contributed by atoms with Gasteiger partial charge < -0.3 is 10.5 Å². The zero-order valence-electron chi connectivity index (χ0n) is 13.8. The van der Waals surface area contributed by atoms with Crippen LogP contribution in [0.2, 0.25) is 0 Å². The van der Waals surface area contributed by atoms with Crippen molar-refractivity contribution in [3.05, 3.63) is 35.4 Å². The number of nitrogens with two attached hydrogens (primary N) is 1. The van der Waals surface area contributed by atoms with Crippen molar-refractivity contribution in [3.8, 4) is 0 Å². The van der Waals surface area contributed by atoms with Crippen LogP contribution in [0, 0.1) is 12.8 Å². The summed E-state index contributed by atoms with van der Waals surface area (Å²) in [7, 11) is 0. The fourth-order valence-electron chi connectivity index (χ4n) is 3.34. The summed E-state index contributed by atoms with van der Waals surface area (Å²) < 4.78 is 6.48. The molecule has 0 amide bonds. The lowest BCUT2D eigenvalue weighted by molar-refractivity contribution is -0.0536. The maximum atomic E-state index is 6.48. The van der Waals surface area contributed by atoms with Crippen molar-refractivity contribution in [2.75, 3.05) is 0 Å². The highest BCUT2D eigenvalue weighted by Gasteiger charge is 2.27. The Balaban J connectivity index is 2.07. The molecule has 1 aromatic carbocycles. The summed E-state index contributed by atoms with van der Waals surface area (Å²) in [6.07, 6.45) is 7.70. The minimum Gasteiger partial charge on any atom is -0.369 e. The van der Waals surface area contributed by atoms with Crippen LogP contribution in [0.5, 0.6) is 0 Å². The molecule has 2 rings (SSSR count). The molecule has 0 radical (unpaired) electrons. The molecule has 0 aliphatic heterocycles. The molecule has 21 heavy (non-hydrogen) atoms. The van der Waals surface area contributed by atoms with Crippen LogP contribution in [0.4, 0.5) is 0 Å². The van der Waals surface area contributed by atoms with Crippen molar-refractivity contribution >= 4 is 0 Å². The van der Waals surface area contributed by atoms with Crippen molar-refractivity contribution in [1.82, 2.24) is 0 Å². The molecule has 118 valence electrons. The van der Waals surface area contributed by atoms with Gasteiger partial charge in [0.05, 0.1) is 12.2 Å². The van der Waals surface area contributed by atoms with Crippen LogP contribution >= 0.6 is 0 Å². The van der Waals surface area contributed by atoms with Crippen molar-refractivity contribution in [1.29, 1.82) is 0 Å². The van der Waals surface area contributed by atoms with Gasteiger partial charge in [-0.05, 0) is 37.7 Å². The minimum atomic E-state index is 0.0382. The number of hydrogen-bond acceptors (Lipinski definition) is 2. The molecule has 0 aromatic heterocycles. The van der Waals surface area contributed by atoms with Gasteiger partial charge in [-0.15, -0.1) is 0 Å². The number of benzene rings is 1. The third-order valence-corrected chi connectivity index (χ3v) is 4.92. The molecule has 2 heteroatoms. The second kappa shape index (κ2) is 7.95. The lowest BCUT2D eigenvalue weighted by Crippen LogP contribution is -2.34. The molecule has 4 unspecified atom stereocenters. The van der Waals surface area contributed by atoms with E-state index in [0.717, 1.165) is 12.3 Å². The normalized spacial score (nSPS) is 25.5. The molecular weight excluding hydrogens is 258 g/mol. The van der Waals surface area contributed by atoms with E-state index in [2.05, 4.69) is 45.0 Å². The Kier molecular flexibility index (Phi) is 6.25. The number of hydrogen-bond donors (Lipinski definition) is 1. The lowest BCUT2D eigenvalue weighted by Gasteiger charge is -2.34. The Morgan fingerprint density at radius 3 is 2.52 bits per heavy atom. The predicted molar refractivity (Wildman–Crippen MR) is 89.3 cm³/mol. The van der Waals surface area contributed by atoms with Crippen LogP contribution < -0.4 is 5.73 Å². The van der Waals surface area contributed by atoms with E-state index in [1.165, 1.54) is 43.2 Å². The summed E-state index contributed by atoms with van der Waals surface area (Å²) in [4.78, 5) is 0. The van der Waals surface area contributed by atoms with Crippen LogP contribution in [0.1, 0.15) is 69.6 Å². The highest BCUT2D eigenvalue weighted by molar-refractivity contribution is 5.24. The quantitative estimate of drug-likeness (QED) is 0.819. The molecule has 1 aliphatic rings. The van der Waals surface area contributed by atoms with Crippen molar-refractivity contribution in [2.45, 2.75) is 77.5 Å². The summed E-state index contributed by atoms with van der Waals surface area (Å²) in [6.45, 7) is 6.56. The molecule has 0 spiro atoms.